The fourth-order valence-electron chi connectivity index (χ4n) is 3.00. The van der Waals surface area contributed by atoms with Gasteiger partial charge in [-0.3, -0.25) is 9.59 Å². The molecule has 1 N–H and O–H groups in total. The molecule has 3 rings (SSSR count). The number of hydrogen-bond acceptors (Lipinski definition) is 3. The summed E-state index contributed by atoms with van der Waals surface area (Å²) in [7, 11) is 0. The zero-order valence-electron chi connectivity index (χ0n) is 14.1. The lowest BCUT2D eigenvalue weighted by molar-refractivity contribution is -0.141. The molecule has 2 unspecified atom stereocenters. The SMILES string of the molecule is CC(Oc1ccc(C(=O)N2CCC(C(=O)O)C2)cc1)c1ccccc1. The molecular formula is C20H21NO4. The maximum atomic E-state index is 12.5. The Labute approximate surface area is 146 Å². The highest BCUT2D eigenvalue weighted by molar-refractivity contribution is 5.94. The quantitative estimate of drug-likeness (QED) is 0.907. The molecule has 130 valence electrons. The van der Waals surface area contributed by atoms with E-state index in [9.17, 15) is 9.59 Å². The molecule has 0 radical (unpaired) electrons. The van der Waals surface area contributed by atoms with Gasteiger partial charge in [-0.2, -0.15) is 0 Å². The molecule has 5 nitrogen and oxygen atoms in total. The van der Waals surface area contributed by atoms with Gasteiger partial charge in [-0.1, -0.05) is 30.3 Å². The van der Waals surface area contributed by atoms with Gasteiger partial charge in [0.15, 0.2) is 0 Å². The molecule has 5 heteroatoms. The highest BCUT2D eigenvalue weighted by atomic mass is 16.5. The predicted molar refractivity (Wildman–Crippen MR) is 93.6 cm³/mol. The number of nitrogens with zero attached hydrogens (tertiary/aromatic N) is 1. The van der Waals surface area contributed by atoms with E-state index in [1.54, 1.807) is 29.2 Å². The molecule has 25 heavy (non-hydrogen) atoms. The molecule has 2 aromatic rings. The number of ether oxygens (including phenoxy) is 1. The summed E-state index contributed by atoms with van der Waals surface area (Å²) in [5.74, 6) is -0.739. The number of amides is 1. The number of likely N-dealkylation sites (tertiary alicyclic amines) is 1. The highest BCUT2D eigenvalue weighted by Crippen LogP contribution is 2.23. The molecular weight excluding hydrogens is 318 g/mol. The first kappa shape index (κ1) is 17.0. The lowest BCUT2D eigenvalue weighted by atomic mass is 10.1. The number of rotatable bonds is 5. The van der Waals surface area contributed by atoms with Gasteiger partial charge in [0, 0.05) is 18.7 Å². The third kappa shape index (κ3) is 3.99. The molecule has 0 saturated carbocycles. The number of benzene rings is 2. The monoisotopic (exact) mass is 339 g/mol. The van der Waals surface area contributed by atoms with E-state index in [0.717, 1.165) is 5.56 Å². The largest absolute Gasteiger partial charge is 0.486 e. The first-order valence-corrected chi connectivity index (χ1v) is 8.38. The van der Waals surface area contributed by atoms with Crippen LogP contribution in [0.15, 0.2) is 54.6 Å². The summed E-state index contributed by atoms with van der Waals surface area (Å²) in [5, 5.41) is 9.04. The van der Waals surface area contributed by atoms with E-state index in [2.05, 4.69) is 0 Å². The number of carbonyl (C=O) groups excluding carboxylic acids is 1. The maximum Gasteiger partial charge on any atom is 0.308 e. The lowest BCUT2D eigenvalue weighted by Gasteiger charge is -2.17. The van der Waals surface area contributed by atoms with Crippen molar-refractivity contribution >= 4 is 11.9 Å². The Morgan fingerprint density at radius 2 is 1.80 bits per heavy atom. The van der Waals surface area contributed by atoms with Gasteiger partial charge in [-0.15, -0.1) is 0 Å². The fraction of sp³-hybridized carbons (Fsp3) is 0.300. The zero-order valence-corrected chi connectivity index (χ0v) is 14.1. The summed E-state index contributed by atoms with van der Waals surface area (Å²) in [6.45, 7) is 2.74. The van der Waals surface area contributed by atoms with Crippen LogP contribution in [0, 0.1) is 5.92 Å². The normalized spacial score (nSPS) is 18.0. The minimum absolute atomic E-state index is 0.0855. The van der Waals surface area contributed by atoms with Crippen LogP contribution in [-0.4, -0.2) is 35.0 Å². The third-order valence-electron chi connectivity index (χ3n) is 4.51. The summed E-state index contributed by atoms with van der Waals surface area (Å²) in [6, 6.07) is 16.9. The van der Waals surface area contributed by atoms with Crippen LogP contribution in [0.1, 0.15) is 35.4 Å². The smallest absolute Gasteiger partial charge is 0.308 e. The molecule has 0 aliphatic carbocycles. The maximum absolute atomic E-state index is 12.5. The Balaban J connectivity index is 1.62. The summed E-state index contributed by atoms with van der Waals surface area (Å²) >= 11 is 0. The average molecular weight is 339 g/mol. The minimum Gasteiger partial charge on any atom is -0.486 e. The first-order valence-electron chi connectivity index (χ1n) is 8.38. The number of carbonyl (C=O) groups is 2. The van der Waals surface area contributed by atoms with Gasteiger partial charge in [-0.05, 0) is 43.2 Å². The molecule has 1 amide bonds. The Hall–Kier alpha value is -2.82. The molecule has 2 atom stereocenters. The van der Waals surface area contributed by atoms with Crippen molar-refractivity contribution in [2.45, 2.75) is 19.4 Å². The van der Waals surface area contributed by atoms with Gasteiger partial charge in [-0.25, -0.2) is 0 Å². The molecule has 0 bridgehead atoms. The van der Waals surface area contributed by atoms with Gasteiger partial charge in [0.25, 0.3) is 5.91 Å². The molecule has 1 aliphatic rings. The second-order valence-corrected chi connectivity index (χ2v) is 6.27. The topological polar surface area (TPSA) is 66.8 Å². The van der Waals surface area contributed by atoms with E-state index >= 15 is 0 Å². The van der Waals surface area contributed by atoms with Gasteiger partial charge < -0.3 is 14.7 Å². The second kappa shape index (κ2) is 7.38. The summed E-state index contributed by atoms with van der Waals surface area (Å²) in [4.78, 5) is 25.1. The molecule has 2 aromatic carbocycles. The van der Waals surface area contributed by atoms with E-state index in [4.69, 9.17) is 9.84 Å². The molecule has 1 aliphatic heterocycles. The fourth-order valence-corrected chi connectivity index (χ4v) is 3.00. The van der Waals surface area contributed by atoms with Crippen LogP contribution in [0.3, 0.4) is 0 Å². The van der Waals surface area contributed by atoms with Crippen molar-refractivity contribution in [1.82, 2.24) is 4.90 Å². The molecule has 1 heterocycles. The molecule has 1 saturated heterocycles. The number of carboxylic acid groups (broad SMARTS) is 1. The highest BCUT2D eigenvalue weighted by Gasteiger charge is 2.31. The van der Waals surface area contributed by atoms with Crippen molar-refractivity contribution < 1.29 is 19.4 Å². The van der Waals surface area contributed by atoms with Crippen LogP contribution in [0.4, 0.5) is 0 Å². The van der Waals surface area contributed by atoms with Crippen LogP contribution in [0.2, 0.25) is 0 Å². The van der Waals surface area contributed by atoms with Crippen molar-refractivity contribution in [3.63, 3.8) is 0 Å². The molecule has 1 fully saturated rings. The van der Waals surface area contributed by atoms with Crippen molar-refractivity contribution in [2.75, 3.05) is 13.1 Å². The minimum atomic E-state index is -0.839. The van der Waals surface area contributed by atoms with Crippen molar-refractivity contribution in [1.29, 1.82) is 0 Å². The summed E-state index contributed by atoms with van der Waals surface area (Å²) in [6.07, 6.45) is 0.425. The van der Waals surface area contributed by atoms with E-state index in [0.29, 0.717) is 24.3 Å². The van der Waals surface area contributed by atoms with Crippen molar-refractivity contribution in [2.24, 2.45) is 5.92 Å². The van der Waals surface area contributed by atoms with Crippen LogP contribution in [0.25, 0.3) is 0 Å². The van der Waals surface area contributed by atoms with Gasteiger partial charge >= 0.3 is 5.97 Å². The Morgan fingerprint density at radius 3 is 2.40 bits per heavy atom. The number of aliphatic carboxylic acids is 1. The molecule has 0 aromatic heterocycles. The number of carboxylic acids is 1. The second-order valence-electron chi connectivity index (χ2n) is 6.27. The van der Waals surface area contributed by atoms with Crippen molar-refractivity contribution in [3.05, 3.63) is 65.7 Å². The number of hydrogen-bond donors (Lipinski definition) is 1. The van der Waals surface area contributed by atoms with Gasteiger partial charge in [0.1, 0.15) is 11.9 Å². The van der Waals surface area contributed by atoms with Crippen LogP contribution in [-0.2, 0) is 4.79 Å². The molecule has 0 spiro atoms. The van der Waals surface area contributed by atoms with E-state index < -0.39 is 11.9 Å². The first-order chi connectivity index (χ1) is 12.0. The average Bonchev–Trinajstić information content (AvgIpc) is 3.13. The zero-order chi connectivity index (χ0) is 17.8. The summed E-state index contributed by atoms with van der Waals surface area (Å²) < 4.78 is 5.91. The lowest BCUT2D eigenvalue weighted by Crippen LogP contribution is -2.29. The predicted octanol–water partition coefficient (Wildman–Crippen LogP) is 3.37. The van der Waals surface area contributed by atoms with Gasteiger partial charge in [0.2, 0.25) is 0 Å². The van der Waals surface area contributed by atoms with Crippen LogP contribution >= 0.6 is 0 Å². The summed E-state index contributed by atoms with van der Waals surface area (Å²) in [5.41, 5.74) is 1.63. The van der Waals surface area contributed by atoms with Crippen molar-refractivity contribution in [3.8, 4) is 5.75 Å². The Kier molecular flexibility index (Phi) is 5.03. The third-order valence-corrected chi connectivity index (χ3v) is 4.51. The van der Waals surface area contributed by atoms with E-state index in [-0.39, 0.29) is 18.6 Å². The van der Waals surface area contributed by atoms with E-state index in [1.165, 1.54) is 0 Å². The standard InChI is InChI=1S/C20H21NO4/c1-14(15-5-3-2-4-6-15)25-18-9-7-16(8-10-18)19(22)21-12-11-17(13-21)20(23)24/h2-10,14,17H,11-13H2,1H3,(H,23,24). The Morgan fingerprint density at radius 1 is 1.12 bits per heavy atom. The van der Waals surface area contributed by atoms with Crippen LogP contribution < -0.4 is 4.74 Å². The van der Waals surface area contributed by atoms with Gasteiger partial charge in [0.05, 0.1) is 5.92 Å². The Bertz CT molecular complexity index is 742. The van der Waals surface area contributed by atoms with E-state index in [1.807, 2.05) is 37.3 Å². The van der Waals surface area contributed by atoms with Crippen LogP contribution in [0.5, 0.6) is 5.75 Å².